The van der Waals surface area contributed by atoms with Crippen molar-refractivity contribution >= 4 is 5.97 Å². The van der Waals surface area contributed by atoms with Crippen LogP contribution in [0.5, 0.6) is 11.5 Å². The molecule has 0 aliphatic heterocycles. The molecule has 0 saturated carbocycles. The Labute approximate surface area is 122 Å². The first-order valence-corrected chi connectivity index (χ1v) is 6.59. The van der Waals surface area contributed by atoms with Gasteiger partial charge in [-0.25, -0.2) is 0 Å². The van der Waals surface area contributed by atoms with Gasteiger partial charge in [0.05, 0.1) is 0 Å². The van der Waals surface area contributed by atoms with Crippen molar-refractivity contribution in [2.24, 2.45) is 0 Å². The molecule has 21 heavy (non-hydrogen) atoms. The van der Waals surface area contributed by atoms with E-state index in [1.807, 2.05) is 0 Å². The van der Waals surface area contributed by atoms with Crippen molar-refractivity contribution in [1.82, 2.24) is 0 Å². The van der Waals surface area contributed by atoms with E-state index < -0.39 is 12.0 Å². The fraction of sp³-hybridized carbons (Fsp3) is 0.312. The van der Waals surface area contributed by atoms with Gasteiger partial charge in [0.2, 0.25) is 0 Å². The van der Waals surface area contributed by atoms with Gasteiger partial charge in [-0.2, -0.15) is 8.78 Å². The number of carbonyl (C=O) groups is 1. The molecule has 114 valence electrons. The van der Waals surface area contributed by atoms with E-state index in [-0.39, 0.29) is 12.8 Å². The minimum absolute atomic E-state index is 0.0843. The third kappa shape index (κ3) is 6.70. The Balaban J connectivity index is 2.54. The first kappa shape index (κ1) is 16.9. The smallest absolute Gasteiger partial charge is 0.311 e. The maximum absolute atomic E-state index is 11.8. The van der Waals surface area contributed by atoms with Gasteiger partial charge in [0.25, 0.3) is 6.08 Å². The largest absolute Gasteiger partial charge is 0.489 e. The van der Waals surface area contributed by atoms with Gasteiger partial charge in [-0.15, -0.1) is 0 Å². The van der Waals surface area contributed by atoms with Gasteiger partial charge in [0, 0.05) is 12.5 Å². The molecule has 1 rings (SSSR count). The maximum atomic E-state index is 11.8. The lowest BCUT2D eigenvalue weighted by Crippen LogP contribution is -2.08. The van der Waals surface area contributed by atoms with E-state index in [0.29, 0.717) is 24.5 Å². The van der Waals surface area contributed by atoms with E-state index in [9.17, 15) is 13.6 Å². The Bertz CT molecular complexity index is 520. The van der Waals surface area contributed by atoms with E-state index in [0.717, 1.165) is 11.6 Å². The summed E-state index contributed by atoms with van der Waals surface area (Å²) in [6, 6.07) is 5.17. The summed E-state index contributed by atoms with van der Waals surface area (Å²) in [4.78, 5) is 11.6. The highest BCUT2D eigenvalue weighted by atomic mass is 19.3. The molecule has 0 radical (unpaired) electrons. The molecule has 0 aromatic heterocycles. The summed E-state index contributed by atoms with van der Waals surface area (Å²) in [5.41, 5.74) is 0.795. The maximum Gasteiger partial charge on any atom is 0.311 e. The second-order valence-corrected chi connectivity index (χ2v) is 4.39. The van der Waals surface area contributed by atoms with Crippen molar-refractivity contribution in [3.05, 3.63) is 48.6 Å². The molecule has 0 N–H and O–H groups in total. The molecule has 5 heteroatoms. The van der Waals surface area contributed by atoms with Crippen LogP contribution in [0.4, 0.5) is 8.78 Å². The topological polar surface area (TPSA) is 35.5 Å². The summed E-state index contributed by atoms with van der Waals surface area (Å²) >= 11 is 0. The van der Waals surface area contributed by atoms with Crippen molar-refractivity contribution < 1.29 is 23.0 Å². The average Bonchev–Trinajstić information content (AvgIpc) is 2.44. The monoisotopic (exact) mass is 296 g/mol. The fourth-order valence-electron chi connectivity index (χ4n) is 1.57. The fourth-order valence-corrected chi connectivity index (χ4v) is 1.57. The highest BCUT2D eigenvalue weighted by Gasteiger charge is 2.08. The molecule has 0 aliphatic carbocycles. The number of benzene rings is 1. The third-order valence-corrected chi connectivity index (χ3v) is 2.63. The van der Waals surface area contributed by atoms with Gasteiger partial charge in [0.15, 0.2) is 0 Å². The Morgan fingerprint density at radius 1 is 1.38 bits per heavy atom. The number of hydrogen-bond donors (Lipinski definition) is 0. The zero-order chi connectivity index (χ0) is 15.7. The Kier molecular flexibility index (Phi) is 7.15. The lowest BCUT2D eigenvalue weighted by Gasteiger charge is -2.10. The van der Waals surface area contributed by atoms with Crippen LogP contribution in [0.1, 0.15) is 24.8 Å². The van der Waals surface area contributed by atoms with Crippen molar-refractivity contribution in [2.75, 3.05) is 6.61 Å². The molecule has 0 fully saturated rings. The van der Waals surface area contributed by atoms with Gasteiger partial charge in [-0.05, 0) is 37.5 Å². The van der Waals surface area contributed by atoms with Gasteiger partial charge < -0.3 is 9.47 Å². The van der Waals surface area contributed by atoms with Gasteiger partial charge in [0.1, 0.15) is 18.1 Å². The quantitative estimate of drug-likeness (QED) is 0.308. The number of unbranched alkanes of at least 4 members (excludes halogenated alkanes) is 1. The highest BCUT2D eigenvalue weighted by Crippen LogP contribution is 2.24. The van der Waals surface area contributed by atoms with E-state index in [4.69, 9.17) is 9.47 Å². The average molecular weight is 296 g/mol. The lowest BCUT2D eigenvalue weighted by molar-refractivity contribution is -0.134. The summed E-state index contributed by atoms with van der Waals surface area (Å²) in [7, 11) is 0. The lowest BCUT2D eigenvalue weighted by atomic mass is 10.2. The van der Waals surface area contributed by atoms with Crippen LogP contribution in [-0.4, -0.2) is 12.6 Å². The van der Waals surface area contributed by atoms with Gasteiger partial charge in [-0.1, -0.05) is 18.7 Å². The molecular formula is C16H18F2O3. The van der Waals surface area contributed by atoms with Crippen molar-refractivity contribution in [1.29, 1.82) is 0 Å². The van der Waals surface area contributed by atoms with Crippen LogP contribution in [0, 0.1) is 6.92 Å². The van der Waals surface area contributed by atoms with Crippen LogP contribution in [0.3, 0.4) is 0 Å². The van der Waals surface area contributed by atoms with Crippen LogP contribution in [0.15, 0.2) is 43.0 Å². The minimum Gasteiger partial charge on any atom is -0.489 e. The Morgan fingerprint density at radius 2 is 2.14 bits per heavy atom. The number of aryl methyl sites for hydroxylation is 1. The number of hydrogen-bond acceptors (Lipinski definition) is 3. The second-order valence-electron chi connectivity index (χ2n) is 4.39. The van der Waals surface area contributed by atoms with Crippen LogP contribution >= 0.6 is 0 Å². The summed E-state index contributed by atoms with van der Waals surface area (Å²) in [5.74, 6) is 0.533. The van der Waals surface area contributed by atoms with Crippen molar-refractivity contribution in [3.8, 4) is 11.5 Å². The summed E-state index contributed by atoms with van der Waals surface area (Å²) < 4.78 is 34.2. The second kappa shape index (κ2) is 8.89. The standard InChI is InChI=1S/C16H18F2O3/c1-3-10-20-13-9-8-12(2)14(11-13)21-16(19)7-5-4-6-15(17)18/h3,6,8-9,11H,1,4-5,7,10H2,2H3. The van der Waals surface area contributed by atoms with Gasteiger partial charge in [-0.3, -0.25) is 4.79 Å². The number of halogens is 2. The molecule has 0 atom stereocenters. The van der Waals surface area contributed by atoms with Crippen molar-refractivity contribution in [2.45, 2.75) is 26.2 Å². The van der Waals surface area contributed by atoms with Crippen molar-refractivity contribution in [3.63, 3.8) is 0 Å². The predicted octanol–water partition coefficient (Wildman–Crippen LogP) is 4.42. The first-order valence-electron chi connectivity index (χ1n) is 6.59. The summed E-state index contributed by atoms with van der Waals surface area (Å²) in [5, 5.41) is 0. The van der Waals surface area contributed by atoms with Crippen LogP contribution in [0.2, 0.25) is 0 Å². The number of carbonyl (C=O) groups excluding carboxylic acids is 1. The normalized spacial score (nSPS) is 9.86. The highest BCUT2D eigenvalue weighted by molar-refractivity contribution is 5.72. The molecule has 0 amide bonds. The van der Waals surface area contributed by atoms with Crippen LogP contribution in [-0.2, 0) is 4.79 Å². The summed E-state index contributed by atoms with van der Waals surface area (Å²) in [6.45, 7) is 5.72. The third-order valence-electron chi connectivity index (χ3n) is 2.63. The number of rotatable bonds is 8. The SMILES string of the molecule is C=CCOc1ccc(C)c(OC(=O)CCCC=C(F)F)c1. The molecule has 1 aromatic carbocycles. The zero-order valence-corrected chi connectivity index (χ0v) is 11.9. The predicted molar refractivity (Wildman–Crippen MR) is 76.7 cm³/mol. The van der Waals surface area contributed by atoms with E-state index in [1.165, 1.54) is 0 Å². The van der Waals surface area contributed by atoms with E-state index in [2.05, 4.69) is 6.58 Å². The number of allylic oxidation sites excluding steroid dienone is 1. The molecule has 0 spiro atoms. The Morgan fingerprint density at radius 3 is 2.81 bits per heavy atom. The summed E-state index contributed by atoms with van der Waals surface area (Å²) in [6.07, 6.45) is 1.24. The number of ether oxygens (including phenoxy) is 2. The molecule has 0 unspecified atom stereocenters. The first-order chi connectivity index (χ1) is 10.0. The van der Waals surface area contributed by atoms with E-state index >= 15 is 0 Å². The van der Waals surface area contributed by atoms with Gasteiger partial charge >= 0.3 is 5.97 Å². The molecule has 0 aliphatic rings. The van der Waals surface area contributed by atoms with E-state index in [1.54, 1.807) is 31.2 Å². The van der Waals surface area contributed by atoms with Crippen LogP contribution in [0.25, 0.3) is 0 Å². The minimum atomic E-state index is -1.73. The molecule has 0 saturated heterocycles. The zero-order valence-electron chi connectivity index (χ0n) is 11.9. The van der Waals surface area contributed by atoms with Crippen LogP contribution < -0.4 is 9.47 Å². The molecule has 3 nitrogen and oxygen atoms in total. The number of esters is 1. The Hall–Kier alpha value is -2.17. The molecule has 1 aromatic rings. The molecule has 0 heterocycles. The molecular weight excluding hydrogens is 278 g/mol. The molecule has 0 bridgehead atoms.